The van der Waals surface area contributed by atoms with Gasteiger partial charge in [-0.05, 0) is 12.5 Å². The molecule has 0 saturated carbocycles. The Morgan fingerprint density at radius 2 is 2.00 bits per heavy atom. The quantitative estimate of drug-likeness (QED) is 0.840. The Kier molecular flexibility index (Phi) is 5.10. The van der Waals surface area contributed by atoms with Crippen molar-refractivity contribution in [1.82, 2.24) is 5.32 Å². The van der Waals surface area contributed by atoms with E-state index in [2.05, 4.69) is 0 Å². The maximum Gasteiger partial charge on any atom is 0.408 e. The molecule has 98 valence electrons. The molecule has 0 radical (unpaired) electrons. The Morgan fingerprint density at radius 3 is 2.50 bits per heavy atom. The van der Waals surface area contributed by atoms with Gasteiger partial charge in [0, 0.05) is 0 Å². The lowest BCUT2D eigenvalue weighted by Crippen LogP contribution is -2.46. The standard InChI is InChI=1S/C12H14FNO4/c1-8(13)10(11(15)16)14-12(17)18-7-9-5-3-2-4-6-9/h2-6,8,10H,7H2,1H3,(H,14,17)(H,15,16)/t8-,10-/m1/s1. The second kappa shape index (κ2) is 6.58. The number of alkyl halides is 1. The number of aliphatic carboxylic acids is 1. The molecule has 18 heavy (non-hydrogen) atoms. The third-order valence-electron chi connectivity index (χ3n) is 2.21. The van der Waals surface area contributed by atoms with E-state index in [4.69, 9.17) is 9.84 Å². The number of carboxylic acid groups (broad SMARTS) is 1. The minimum atomic E-state index is -1.70. The summed E-state index contributed by atoms with van der Waals surface area (Å²) in [7, 11) is 0. The highest BCUT2D eigenvalue weighted by molar-refractivity contribution is 5.80. The van der Waals surface area contributed by atoms with Crippen molar-refractivity contribution in [1.29, 1.82) is 0 Å². The summed E-state index contributed by atoms with van der Waals surface area (Å²) in [5, 5.41) is 10.6. The van der Waals surface area contributed by atoms with E-state index < -0.39 is 24.3 Å². The lowest BCUT2D eigenvalue weighted by Gasteiger charge is -2.15. The van der Waals surface area contributed by atoms with Crippen LogP contribution in [0.15, 0.2) is 30.3 Å². The molecule has 1 rings (SSSR count). The molecule has 0 heterocycles. The number of alkyl carbamates (subject to hydrolysis) is 1. The Balaban J connectivity index is 2.44. The topological polar surface area (TPSA) is 75.6 Å². The molecule has 0 aliphatic heterocycles. The SMILES string of the molecule is C[C@@H](F)[C@@H](NC(=O)OCc1ccccc1)C(=O)O. The largest absolute Gasteiger partial charge is 0.480 e. The number of hydrogen-bond acceptors (Lipinski definition) is 3. The van der Waals surface area contributed by atoms with Gasteiger partial charge in [0.15, 0.2) is 6.04 Å². The van der Waals surface area contributed by atoms with Gasteiger partial charge in [-0.25, -0.2) is 14.0 Å². The van der Waals surface area contributed by atoms with Crippen LogP contribution >= 0.6 is 0 Å². The van der Waals surface area contributed by atoms with Crippen LogP contribution in [0.5, 0.6) is 0 Å². The minimum Gasteiger partial charge on any atom is -0.480 e. The summed E-state index contributed by atoms with van der Waals surface area (Å²) in [6.45, 7) is 1.05. The van der Waals surface area contributed by atoms with Crippen molar-refractivity contribution in [3.8, 4) is 0 Å². The van der Waals surface area contributed by atoms with Gasteiger partial charge in [-0.2, -0.15) is 0 Å². The molecule has 1 amide bonds. The van der Waals surface area contributed by atoms with Crippen LogP contribution in [-0.2, 0) is 16.1 Å². The molecule has 1 aromatic rings. The first-order valence-electron chi connectivity index (χ1n) is 5.35. The van der Waals surface area contributed by atoms with Crippen molar-refractivity contribution in [3.63, 3.8) is 0 Å². The second-order valence-corrected chi connectivity index (χ2v) is 3.70. The molecule has 0 aromatic heterocycles. The lowest BCUT2D eigenvalue weighted by molar-refractivity contribution is -0.140. The van der Waals surface area contributed by atoms with E-state index >= 15 is 0 Å². The molecule has 0 bridgehead atoms. The maximum absolute atomic E-state index is 12.9. The van der Waals surface area contributed by atoms with Crippen molar-refractivity contribution in [2.24, 2.45) is 0 Å². The van der Waals surface area contributed by atoms with Crippen LogP contribution in [-0.4, -0.2) is 29.4 Å². The minimum absolute atomic E-state index is 0.000318. The zero-order valence-corrected chi connectivity index (χ0v) is 9.80. The number of carbonyl (C=O) groups is 2. The van der Waals surface area contributed by atoms with Gasteiger partial charge in [-0.3, -0.25) is 0 Å². The molecular formula is C12H14FNO4. The molecular weight excluding hydrogens is 241 g/mol. The van der Waals surface area contributed by atoms with Gasteiger partial charge in [-0.15, -0.1) is 0 Å². The zero-order chi connectivity index (χ0) is 13.5. The number of nitrogens with one attached hydrogen (secondary N) is 1. The highest BCUT2D eigenvalue weighted by Crippen LogP contribution is 2.02. The molecule has 0 saturated heterocycles. The van der Waals surface area contributed by atoms with Crippen molar-refractivity contribution in [2.45, 2.75) is 25.7 Å². The Morgan fingerprint density at radius 1 is 1.39 bits per heavy atom. The molecule has 0 unspecified atom stereocenters. The highest BCUT2D eigenvalue weighted by atomic mass is 19.1. The monoisotopic (exact) mass is 255 g/mol. The number of halogens is 1. The van der Waals surface area contributed by atoms with E-state index in [9.17, 15) is 14.0 Å². The molecule has 0 fully saturated rings. The predicted octanol–water partition coefficient (Wildman–Crippen LogP) is 1.72. The summed E-state index contributed by atoms with van der Waals surface area (Å²) in [5.74, 6) is -1.44. The number of carboxylic acids is 1. The highest BCUT2D eigenvalue weighted by Gasteiger charge is 2.26. The van der Waals surface area contributed by atoms with Gasteiger partial charge in [0.25, 0.3) is 0 Å². The van der Waals surface area contributed by atoms with Crippen molar-refractivity contribution in [2.75, 3.05) is 0 Å². The van der Waals surface area contributed by atoms with Crippen LogP contribution in [0.25, 0.3) is 0 Å². The number of carbonyl (C=O) groups excluding carboxylic acids is 1. The first-order valence-corrected chi connectivity index (χ1v) is 5.35. The first kappa shape index (κ1) is 14.0. The van der Waals surface area contributed by atoms with Crippen LogP contribution in [0.4, 0.5) is 9.18 Å². The number of amides is 1. The van der Waals surface area contributed by atoms with E-state index in [0.29, 0.717) is 0 Å². The second-order valence-electron chi connectivity index (χ2n) is 3.70. The van der Waals surface area contributed by atoms with Gasteiger partial charge in [0.05, 0.1) is 0 Å². The van der Waals surface area contributed by atoms with Crippen molar-refractivity contribution < 1.29 is 23.8 Å². The average molecular weight is 255 g/mol. The molecule has 6 heteroatoms. The van der Waals surface area contributed by atoms with Gasteiger partial charge in [0.2, 0.25) is 0 Å². The van der Waals surface area contributed by atoms with Gasteiger partial charge in [0.1, 0.15) is 12.8 Å². The van der Waals surface area contributed by atoms with E-state index in [-0.39, 0.29) is 6.61 Å². The van der Waals surface area contributed by atoms with Gasteiger partial charge in [-0.1, -0.05) is 30.3 Å². The van der Waals surface area contributed by atoms with Crippen LogP contribution in [0.2, 0.25) is 0 Å². The normalized spacial score (nSPS) is 13.4. The van der Waals surface area contributed by atoms with Crippen LogP contribution in [0, 0.1) is 0 Å². The maximum atomic E-state index is 12.9. The third kappa shape index (κ3) is 4.40. The average Bonchev–Trinajstić information content (AvgIpc) is 2.34. The molecule has 2 atom stereocenters. The Labute approximate surface area is 104 Å². The lowest BCUT2D eigenvalue weighted by atomic mass is 10.2. The summed E-state index contributed by atoms with van der Waals surface area (Å²) in [4.78, 5) is 21.9. The Hall–Kier alpha value is -2.11. The number of rotatable bonds is 5. The zero-order valence-electron chi connectivity index (χ0n) is 9.80. The molecule has 2 N–H and O–H groups in total. The molecule has 0 aliphatic rings. The van der Waals surface area contributed by atoms with Gasteiger partial charge >= 0.3 is 12.1 Å². The fourth-order valence-electron chi connectivity index (χ4n) is 1.26. The summed E-state index contributed by atoms with van der Waals surface area (Å²) in [5.41, 5.74) is 0.757. The summed E-state index contributed by atoms with van der Waals surface area (Å²) < 4.78 is 17.7. The van der Waals surface area contributed by atoms with Crippen LogP contribution < -0.4 is 5.32 Å². The summed E-state index contributed by atoms with van der Waals surface area (Å²) in [6.07, 6.45) is -2.66. The smallest absolute Gasteiger partial charge is 0.408 e. The molecule has 5 nitrogen and oxygen atoms in total. The van der Waals surface area contributed by atoms with Gasteiger partial charge < -0.3 is 15.2 Å². The fourth-order valence-corrected chi connectivity index (χ4v) is 1.26. The van der Waals surface area contributed by atoms with Crippen LogP contribution in [0.3, 0.4) is 0 Å². The molecule has 1 aromatic carbocycles. The number of benzene rings is 1. The van der Waals surface area contributed by atoms with Crippen molar-refractivity contribution in [3.05, 3.63) is 35.9 Å². The fraction of sp³-hybridized carbons (Fsp3) is 0.333. The van der Waals surface area contributed by atoms with Crippen LogP contribution in [0.1, 0.15) is 12.5 Å². The summed E-state index contributed by atoms with van der Waals surface area (Å²) >= 11 is 0. The number of hydrogen-bond donors (Lipinski definition) is 2. The first-order chi connectivity index (χ1) is 8.50. The predicted molar refractivity (Wildman–Crippen MR) is 61.8 cm³/mol. The van der Waals surface area contributed by atoms with E-state index in [1.165, 1.54) is 0 Å². The van der Waals surface area contributed by atoms with E-state index in [1.807, 2.05) is 11.4 Å². The van der Waals surface area contributed by atoms with Crippen molar-refractivity contribution >= 4 is 12.1 Å². The van der Waals surface area contributed by atoms with E-state index in [0.717, 1.165) is 12.5 Å². The molecule has 0 spiro atoms. The van der Waals surface area contributed by atoms with E-state index in [1.54, 1.807) is 24.3 Å². The Bertz CT molecular complexity index is 408. The molecule has 0 aliphatic carbocycles. The number of ether oxygens (including phenoxy) is 1. The summed E-state index contributed by atoms with van der Waals surface area (Å²) in [6, 6.07) is 7.27. The third-order valence-corrected chi connectivity index (χ3v) is 2.21.